The Balaban J connectivity index is 1.12. The summed E-state index contributed by atoms with van der Waals surface area (Å²) in [6.07, 6.45) is 8.24. The molecule has 0 N–H and O–H groups in total. The van der Waals surface area contributed by atoms with E-state index in [0.29, 0.717) is 29.8 Å². The van der Waals surface area contributed by atoms with Gasteiger partial charge in [-0.05, 0) is 61.6 Å². The Bertz CT molecular complexity index is 1670. The van der Waals surface area contributed by atoms with Crippen LogP contribution in [0.25, 0.3) is 11.3 Å². The van der Waals surface area contributed by atoms with E-state index in [1.54, 1.807) is 22.8 Å². The molecule has 4 aromatic rings. The number of fused-ring (bicyclic) bond motifs is 2. The normalized spacial score (nSPS) is 20.6. The van der Waals surface area contributed by atoms with Gasteiger partial charge in [-0.3, -0.25) is 4.90 Å². The number of rotatable bonds is 6. The van der Waals surface area contributed by atoms with E-state index in [-0.39, 0.29) is 11.9 Å². The SMILES string of the molecule is CC(c1ccc(F)cc1)n1cncc1-c1cccc2c1CCN(S(=O)(=O)c1cnc(N3CCN4CCCC4C3)s1)C2. The van der Waals surface area contributed by atoms with Crippen LogP contribution < -0.4 is 4.90 Å². The van der Waals surface area contributed by atoms with Gasteiger partial charge in [-0.2, -0.15) is 4.31 Å². The summed E-state index contributed by atoms with van der Waals surface area (Å²) in [5.74, 6) is -0.259. The zero-order valence-corrected chi connectivity index (χ0v) is 24.6. The van der Waals surface area contributed by atoms with Crippen molar-refractivity contribution in [2.75, 3.05) is 37.6 Å². The second-order valence-corrected chi connectivity index (χ2v) is 14.4. The lowest BCUT2D eigenvalue weighted by Crippen LogP contribution is -2.50. The van der Waals surface area contributed by atoms with Gasteiger partial charge in [-0.15, -0.1) is 0 Å². The third kappa shape index (κ3) is 4.88. The van der Waals surface area contributed by atoms with Gasteiger partial charge in [0, 0.05) is 44.3 Å². The number of benzene rings is 2. The Morgan fingerprint density at radius 1 is 1.05 bits per heavy atom. The summed E-state index contributed by atoms with van der Waals surface area (Å²) in [5.41, 5.74) is 5.15. The fourth-order valence-electron chi connectivity index (χ4n) is 6.56. The van der Waals surface area contributed by atoms with Crippen molar-refractivity contribution < 1.29 is 12.8 Å². The van der Waals surface area contributed by atoms with E-state index in [0.717, 1.165) is 52.7 Å². The molecule has 214 valence electrons. The number of hydrogen-bond acceptors (Lipinski definition) is 7. The summed E-state index contributed by atoms with van der Waals surface area (Å²) in [4.78, 5) is 13.8. The van der Waals surface area contributed by atoms with Gasteiger partial charge >= 0.3 is 0 Å². The minimum absolute atomic E-state index is 0.0402. The minimum atomic E-state index is -3.66. The number of anilines is 1. The molecule has 2 atom stereocenters. The van der Waals surface area contributed by atoms with Gasteiger partial charge < -0.3 is 9.47 Å². The van der Waals surface area contributed by atoms with Crippen LogP contribution in [0.15, 0.2) is 65.4 Å². The highest BCUT2D eigenvalue weighted by molar-refractivity contribution is 7.91. The Hall–Kier alpha value is -3.12. The van der Waals surface area contributed by atoms with E-state index >= 15 is 0 Å². The summed E-state index contributed by atoms with van der Waals surface area (Å²) >= 11 is 1.29. The highest BCUT2D eigenvalue weighted by atomic mass is 32.2. The van der Waals surface area contributed by atoms with Gasteiger partial charge in [0.25, 0.3) is 10.0 Å². The van der Waals surface area contributed by atoms with Crippen molar-refractivity contribution in [1.29, 1.82) is 0 Å². The van der Waals surface area contributed by atoms with Crippen LogP contribution >= 0.6 is 11.3 Å². The van der Waals surface area contributed by atoms with Crippen molar-refractivity contribution in [1.82, 2.24) is 23.7 Å². The number of halogens is 1. The van der Waals surface area contributed by atoms with E-state index in [9.17, 15) is 12.8 Å². The van der Waals surface area contributed by atoms with Gasteiger partial charge in [0.05, 0.1) is 30.5 Å². The van der Waals surface area contributed by atoms with E-state index in [1.165, 1.54) is 49.1 Å². The standard InChI is InChI=1S/C30H33FN6O2S2/c1-21(22-7-9-24(31)10-8-22)37-20-32-16-28(37)27-6-2-4-23-18-36(13-11-26(23)27)41(38,39)29-17-33-30(40-29)35-15-14-34-12-3-5-25(34)19-35/h2,4,6-10,16-17,20-21,25H,3,5,11-15,18-19H2,1H3. The first kappa shape index (κ1) is 26.8. The lowest BCUT2D eigenvalue weighted by atomic mass is 9.93. The maximum absolute atomic E-state index is 13.7. The number of thiazole rings is 1. The van der Waals surface area contributed by atoms with E-state index in [4.69, 9.17) is 0 Å². The van der Waals surface area contributed by atoms with Crippen LogP contribution in [0.3, 0.4) is 0 Å². The van der Waals surface area contributed by atoms with Gasteiger partial charge in [0.1, 0.15) is 5.82 Å². The summed E-state index contributed by atoms with van der Waals surface area (Å²) in [5, 5.41) is 0.804. The van der Waals surface area contributed by atoms with Crippen molar-refractivity contribution in [3.8, 4) is 11.3 Å². The number of imidazole rings is 1. The molecule has 0 aliphatic carbocycles. The molecule has 0 bridgehead atoms. The van der Waals surface area contributed by atoms with E-state index in [1.807, 2.05) is 18.3 Å². The molecule has 5 heterocycles. The molecular weight excluding hydrogens is 560 g/mol. The number of aromatic nitrogens is 3. The van der Waals surface area contributed by atoms with Crippen LogP contribution in [0.4, 0.5) is 9.52 Å². The molecule has 7 rings (SSSR count). The molecule has 2 aromatic carbocycles. The fraction of sp³-hybridized carbons (Fsp3) is 0.400. The van der Waals surface area contributed by atoms with Crippen molar-refractivity contribution in [3.05, 3.63) is 83.7 Å². The Morgan fingerprint density at radius 3 is 2.76 bits per heavy atom. The molecule has 3 aliphatic rings. The maximum Gasteiger partial charge on any atom is 0.254 e. The molecule has 2 aromatic heterocycles. The zero-order valence-electron chi connectivity index (χ0n) is 23.0. The molecule has 0 spiro atoms. The lowest BCUT2D eigenvalue weighted by molar-refractivity contribution is 0.231. The third-order valence-electron chi connectivity index (χ3n) is 8.87. The number of hydrogen-bond donors (Lipinski definition) is 0. The van der Waals surface area contributed by atoms with Gasteiger partial charge in [-0.25, -0.2) is 22.8 Å². The van der Waals surface area contributed by atoms with Crippen LogP contribution in [-0.2, 0) is 23.0 Å². The van der Waals surface area contributed by atoms with Crippen molar-refractivity contribution in [2.45, 2.75) is 49.0 Å². The van der Waals surface area contributed by atoms with Crippen molar-refractivity contribution in [2.24, 2.45) is 0 Å². The van der Waals surface area contributed by atoms with E-state index in [2.05, 4.69) is 37.3 Å². The van der Waals surface area contributed by atoms with Crippen molar-refractivity contribution >= 4 is 26.5 Å². The number of piperazine rings is 1. The average molecular weight is 593 g/mol. The van der Waals surface area contributed by atoms with Gasteiger partial charge in [0.2, 0.25) is 0 Å². The predicted octanol–water partition coefficient (Wildman–Crippen LogP) is 4.79. The Kier molecular flexibility index (Phi) is 6.93. The first-order valence-electron chi connectivity index (χ1n) is 14.2. The fourth-order valence-corrected chi connectivity index (χ4v) is 9.29. The molecule has 0 amide bonds. The highest BCUT2D eigenvalue weighted by Gasteiger charge is 2.34. The van der Waals surface area contributed by atoms with E-state index < -0.39 is 10.0 Å². The molecule has 0 saturated carbocycles. The zero-order chi connectivity index (χ0) is 28.1. The quantitative estimate of drug-likeness (QED) is 0.321. The largest absolute Gasteiger partial charge is 0.345 e. The molecule has 41 heavy (non-hydrogen) atoms. The molecule has 2 saturated heterocycles. The van der Waals surface area contributed by atoms with Crippen LogP contribution in [0.5, 0.6) is 0 Å². The van der Waals surface area contributed by atoms with Crippen LogP contribution in [0.2, 0.25) is 0 Å². The Labute approximate surface area is 244 Å². The van der Waals surface area contributed by atoms with Gasteiger partial charge in [0.15, 0.2) is 9.34 Å². The van der Waals surface area contributed by atoms with Gasteiger partial charge in [-0.1, -0.05) is 41.7 Å². The monoisotopic (exact) mass is 592 g/mol. The second-order valence-electron chi connectivity index (χ2n) is 11.2. The lowest BCUT2D eigenvalue weighted by Gasteiger charge is -2.37. The topological polar surface area (TPSA) is 74.6 Å². The third-order valence-corrected chi connectivity index (χ3v) is 12.2. The smallest absolute Gasteiger partial charge is 0.254 e. The molecule has 2 unspecified atom stereocenters. The number of sulfonamides is 1. The molecule has 0 radical (unpaired) electrons. The van der Waals surface area contributed by atoms with Crippen LogP contribution in [0.1, 0.15) is 42.5 Å². The molecule has 8 nitrogen and oxygen atoms in total. The molecule has 3 aliphatic heterocycles. The van der Waals surface area contributed by atoms with Crippen molar-refractivity contribution in [3.63, 3.8) is 0 Å². The second kappa shape index (κ2) is 10.6. The summed E-state index contributed by atoms with van der Waals surface area (Å²) in [6, 6.07) is 13.1. The summed E-state index contributed by atoms with van der Waals surface area (Å²) < 4.78 is 45.0. The Morgan fingerprint density at radius 2 is 1.90 bits per heavy atom. The first-order chi connectivity index (χ1) is 19.9. The molecular formula is C30H33FN6O2S2. The van der Waals surface area contributed by atoms with Crippen LogP contribution in [0, 0.1) is 5.82 Å². The molecule has 11 heteroatoms. The minimum Gasteiger partial charge on any atom is -0.345 e. The predicted molar refractivity (Wildman–Crippen MR) is 158 cm³/mol. The number of nitrogens with zero attached hydrogens (tertiary/aromatic N) is 6. The summed E-state index contributed by atoms with van der Waals surface area (Å²) in [6.45, 7) is 6.79. The highest BCUT2D eigenvalue weighted by Crippen LogP contribution is 2.36. The summed E-state index contributed by atoms with van der Waals surface area (Å²) in [7, 11) is -3.66. The maximum atomic E-state index is 13.7. The van der Waals surface area contributed by atoms with Crippen LogP contribution in [-0.4, -0.2) is 70.9 Å². The first-order valence-corrected chi connectivity index (χ1v) is 16.5. The molecule has 2 fully saturated rings. The average Bonchev–Trinajstić information content (AvgIpc) is 3.77.